The number of carbonyl (C=O) groups is 3. The van der Waals surface area contributed by atoms with Gasteiger partial charge in [-0.2, -0.15) is 9.40 Å². The lowest BCUT2D eigenvalue weighted by Gasteiger charge is -2.26. The van der Waals surface area contributed by atoms with Crippen LogP contribution in [0.2, 0.25) is 0 Å². The summed E-state index contributed by atoms with van der Waals surface area (Å²) >= 11 is 1.23. The average Bonchev–Trinajstić information content (AvgIpc) is 3.57. The van der Waals surface area contributed by atoms with Crippen LogP contribution in [0.25, 0.3) is 0 Å². The second kappa shape index (κ2) is 13.3. The number of fused-ring (bicyclic) bond motifs is 1. The highest BCUT2D eigenvalue weighted by Crippen LogP contribution is 2.38. The van der Waals surface area contributed by atoms with Crippen LogP contribution < -0.4 is 5.32 Å². The molecule has 1 aliphatic rings. The van der Waals surface area contributed by atoms with Crippen molar-refractivity contribution in [2.45, 2.75) is 52.1 Å². The molecule has 0 spiro atoms. The molecule has 0 unspecified atom stereocenters. The third-order valence-electron chi connectivity index (χ3n) is 7.53. The largest absolute Gasteiger partial charge is 0.450 e. The maximum atomic E-state index is 13.8. The second-order valence-electron chi connectivity index (χ2n) is 10.6. The number of nitrogens with one attached hydrogen (secondary N) is 1. The molecule has 11 nitrogen and oxygen atoms in total. The van der Waals surface area contributed by atoms with Gasteiger partial charge in [0, 0.05) is 35.8 Å². The van der Waals surface area contributed by atoms with Gasteiger partial charge in [0.2, 0.25) is 10.0 Å². The highest BCUT2D eigenvalue weighted by Gasteiger charge is 2.32. The van der Waals surface area contributed by atoms with Gasteiger partial charge in [-0.3, -0.25) is 9.59 Å². The maximum absolute atomic E-state index is 13.8. The molecule has 0 saturated carbocycles. The number of thiophene rings is 1. The van der Waals surface area contributed by atoms with Gasteiger partial charge in [0.05, 0.1) is 29.3 Å². The van der Waals surface area contributed by atoms with Crippen molar-refractivity contribution < 1.29 is 27.5 Å². The van der Waals surface area contributed by atoms with Crippen LogP contribution in [0.1, 0.15) is 62.0 Å². The molecular weight excluding hydrogens is 615 g/mol. The predicted octanol–water partition coefficient (Wildman–Crippen LogP) is 5.23. The molecule has 0 atom stereocenters. The van der Waals surface area contributed by atoms with Crippen molar-refractivity contribution in [1.29, 1.82) is 0 Å². The van der Waals surface area contributed by atoms with Crippen LogP contribution in [0, 0.1) is 13.8 Å². The quantitative estimate of drug-likeness (QED) is 0.263. The molecule has 3 heterocycles. The fourth-order valence-electron chi connectivity index (χ4n) is 5.29. The number of rotatable bonds is 9. The Morgan fingerprint density at radius 1 is 1.04 bits per heavy atom. The van der Waals surface area contributed by atoms with E-state index in [0.717, 1.165) is 16.0 Å². The Balaban J connectivity index is 1.41. The van der Waals surface area contributed by atoms with Gasteiger partial charge in [-0.05, 0) is 68.7 Å². The lowest BCUT2D eigenvalue weighted by Crippen LogP contribution is -2.36. The second-order valence-corrected chi connectivity index (χ2v) is 13.7. The number of ether oxygens (including phenoxy) is 1. The van der Waals surface area contributed by atoms with Gasteiger partial charge in [0.25, 0.3) is 11.8 Å². The summed E-state index contributed by atoms with van der Waals surface area (Å²) in [6.45, 7) is 8.46. The molecule has 5 rings (SSSR count). The molecular formula is C32H35N5O6S2. The highest BCUT2D eigenvalue weighted by atomic mass is 32.2. The summed E-state index contributed by atoms with van der Waals surface area (Å²) in [6, 6.07) is 16.9. The molecule has 4 aromatic rings. The van der Waals surface area contributed by atoms with Crippen LogP contribution in [0.15, 0.2) is 65.6 Å². The van der Waals surface area contributed by atoms with E-state index in [1.165, 1.54) is 44.6 Å². The van der Waals surface area contributed by atoms with Crippen molar-refractivity contribution in [3.63, 3.8) is 0 Å². The van der Waals surface area contributed by atoms with Gasteiger partial charge in [-0.1, -0.05) is 37.3 Å². The Kier molecular flexibility index (Phi) is 9.51. The van der Waals surface area contributed by atoms with E-state index in [-0.39, 0.29) is 42.6 Å². The zero-order chi connectivity index (χ0) is 32.3. The summed E-state index contributed by atoms with van der Waals surface area (Å²) in [5.41, 5.74) is 3.52. The first kappa shape index (κ1) is 32.1. The van der Waals surface area contributed by atoms with Crippen LogP contribution >= 0.6 is 11.3 Å². The van der Waals surface area contributed by atoms with Crippen molar-refractivity contribution in [1.82, 2.24) is 19.0 Å². The first-order valence-corrected chi connectivity index (χ1v) is 16.9. The van der Waals surface area contributed by atoms with Gasteiger partial charge in [0.15, 0.2) is 0 Å². The highest BCUT2D eigenvalue weighted by molar-refractivity contribution is 7.89. The van der Waals surface area contributed by atoms with Gasteiger partial charge in [-0.25, -0.2) is 17.9 Å². The number of aryl methyl sites for hydroxylation is 2. The van der Waals surface area contributed by atoms with Crippen LogP contribution in [0.5, 0.6) is 0 Å². The number of hydrogen-bond donors (Lipinski definition) is 1. The topological polar surface area (TPSA) is 131 Å². The monoisotopic (exact) mass is 649 g/mol. The van der Waals surface area contributed by atoms with E-state index >= 15 is 0 Å². The van der Waals surface area contributed by atoms with Gasteiger partial charge in [-0.15, -0.1) is 11.3 Å². The summed E-state index contributed by atoms with van der Waals surface area (Å²) in [5.74, 6) is -0.878. The average molecular weight is 650 g/mol. The molecule has 2 aromatic carbocycles. The van der Waals surface area contributed by atoms with Gasteiger partial charge >= 0.3 is 6.09 Å². The van der Waals surface area contributed by atoms with E-state index in [0.29, 0.717) is 34.9 Å². The number of amides is 2. The summed E-state index contributed by atoms with van der Waals surface area (Å²) in [6.07, 6.45) is -0.0290. The number of sulfonamides is 1. The van der Waals surface area contributed by atoms with E-state index in [2.05, 4.69) is 10.4 Å². The zero-order valence-corrected chi connectivity index (χ0v) is 27.2. The van der Waals surface area contributed by atoms with Crippen molar-refractivity contribution in [3.05, 3.63) is 99.2 Å². The summed E-state index contributed by atoms with van der Waals surface area (Å²) < 4.78 is 34.7. The first-order valence-electron chi connectivity index (χ1n) is 14.6. The normalized spacial score (nSPS) is 13.0. The van der Waals surface area contributed by atoms with Crippen molar-refractivity contribution in [2.75, 3.05) is 25.0 Å². The minimum Gasteiger partial charge on any atom is -0.450 e. The minimum atomic E-state index is -3.81. The smallest absolute Gasteiger partial charge is 0.410 e. The van der Waals surface area contributed by atoms with E-state index < -0.39 is 22.0 Å². The molecule has 1 N–H and O–H groups in total. The lowest BCUT2D eigenvalue weighted by molar-refractivity contribution is 0.0941. The van der Waals surface area contributed by atoms with Gasteiger partial charge < -0.3 is 15.0 Å². The Bertz CT molecular complexity index is 1830. The molecule has 236 valence electrons. The first-order chi connectivity index (χ1) is 21.5. The molecule has 2 amide bonds. The van der Waals surface area contributed by atoms with Crippen molar-refractivity contribution in [2.24, 2.45) is 0 Å². The number of anilines is 1. The molecule has 1 aliphatic heterocycles. The van der Waals surface area contributed by atoms with Gasteiger partial charge in [0.1, 0.15) is 5.00 Å². The van der Waals surface area contributed by atoms with Crippen LogP contribution in [-0.2, 0) is 34.3 Å². The lowest BCUT2D eigenvalue weighted by atomic mass is 10.0. The molecule has 45 heavy (non-hydrogen) atoms. The third-order valence-corrected chi connectivity index (χ3v) is 10.6. The van der Waals surface area contributed by atoms with E-state index in [1.807, 2.05) is 30.3 Å². The number of benzene rings is 2. The number of nitrogens with zero attached hydrogens (tertiary/aromatic N) is 4. The standard InChI is InChI=1S/C32H35N5O6S2/c1-5-36(19-23-10-8-7-9-11-23)45(41,42)25-14-12-24(13-15-25)29(38)33-30-28(31(39)37-22(4)18-21(3)34-37)26-16-17-35(20-27(26)44-30)32(40)43-6-2/h7-15,18H,5-6,16-17,19-20H2,1-4H3,(H,33,38). The minimum absolute atomic E-state index is 0.0721. The molecule has 0 aliphatic carbocycles. The van der Waals surface area contributed by atoms with E-state index in [1.54, 1.807) is 38.7 Å². The summed E-state index contributed by atoms with van der Waals surface area (Å²) in [4.78, 5) is 42.1. The predicted molar refractivity (Wildman–Crippen MR) is 171 cm³/mol. The summed E-state index contributed by atoms with van der Waals surface area (Å²) in [5, 5.41) is 7.57. The Morgan fingerprint density at radius 2 is 1.76 bits per heavy atom. The van der Waals surface area contributed by atoms with Crippen LogP contribution in [0.3, 0.4) is 0 Å². The fourth-order valence-corrected chi connectivity index (χ4v) is 7.97. The van der Waals surface area contributed by atoms with Crippen molar-refractivity contribution in [3.8, 4) is 0 Å². The molecule has 0 fully saturated rings. The molecule has 0 bridgehead atoms. The molecule has 13 heteroatoms. The van der Waals surface area contributed by atoms with Crippen LogP contribution in [0.4, 0.5) is 9.80 Å². The Labute approximate surface area is 266 Å². The van der Waals surface area contributed by atoms with Crippen molar-refractivity contribution >= 4 is 44.3 Å². The fraction of sp³-hybridized carbons (Fsp3) is 0.312. The Morgan fingerprint density at radius 3 is 2.38 bits per heavy atom. The SMILES string of the molecule is CCOC(=O)N1CCc2c(sc(NC(=O)c3ccc(S(=O)(=O)N(CC)Cc4ccccc4)cc3)c2C(=O)n2nc(C)cc2C)C1. The maximum Gasteiger partial charge on any atom is 0.410 e. The van der Waals surface area contributed by atoms with E-state index in [4.69, 9.17) is 4.74 Å². The molecule has 0 saturated heterocycles. The van der Waals surface area contributed by atoms with Crippen LogP contribution in [-0.4, -0.2) is 65.0 Å². The molecule has 0 radical (unpaired) electrons. The number of hydrogen-bond acceptors (Lipinski definition) is 8. The number of carbonyl (C=O) groups excluding carboxylic acids is 3. The Hall–Kier alpha value is -4.33. The van der Waals surface area contributed by atoms with E-state index in [9.17, 15) is 22.8 Å². The molecule has 2 aromatic heterocycles. The summed E-state index contributed by atoms with van der Waals surface area (Å²) in [7, 11) is -3.81. The third kappa shape index (κ3) is 6.70. The zero-order valence-electron chi connectivity index (χ0n) is 25.6. The number of aromatic nitrogens is 2.